The van der Waals surface area contributed by atoms with Crippen molar-refractivity contribution in [2.45, 2.75) is 19.8 Å². The van der Waals surface area contributed by atoms with Gasteiger partial charge in [-0.05, 0) is 27.9 Å². The van der Waals surface area contributed by atoms with Crippen molar-refractivity contribution in [3.8, 4) is 0 Å². The molecule has 0 bridgehead atoms. The van der Waals surface area contributed by atoms with Crippen LogP contribution < -0.4 is 0 Å². The number of aryl methyl sites for hydroxylation is 1. The summed E-state index contributed by atoms with van der Waals surface area (Å²) >= 11 is 3.38. The van der Waals surface area contributed by atoms with Gasteiger partial charge in [0.1, 0.15) is 4.60 Å². The maximum absolute atomic E-state index is 4.28. The largest absolute Gasteiger partial charge is 0.261 e. The van der Waals surface area contributed by atoms with Gasteiger partial charge < -0.3 is 0 Å². The van der Waals surface area contributed by atoms with Crippen molar-refractivity contribution >= 4 is 15.9 Å². The number of halogens is 1. The Labute approximate surface area is 69.4 Å². The Morgan fingerprint density at radius 2 is 2.20 bits per heavy atom. The van der Waals surface area contributed by atoms with Crippen molar-refractivity contribution in [2.75, 3.05) is 0 Å². The molecule has 0 radical (unpaired) electrons. The van der Waals surface area contributed by atoms with Crippen LogP contribution in [-0.4, -0.2) is 9.78 Å². The van der Waals surface area contributed by atoms with Crippen LogP contribution in [0.5, 0.6) is 0 Å². The summed E-state index contributed by atoms with van der Waals surface area (Å²) in [5, 5.41) is 4.28. The summed E-state index contributed by atoms with van der Waals surface area (Å²) in [7, 11) is 1.93. The first-order chi connectivity index (χ1) is 4.61. The summed E-state index contributed by atoms with van der Waals surface area (Å²) < 4.78 is 2.87. The molecule has 0 atom stereocenters. The van der Waals surface area contributed by atoms with Crippen LogP contribution in [0.1, 0.15) is 25.5 Å². The van der Waals surface area contributed by atoms with Crippen LogP contribution in [-0.2, 0) is 7.05 Å². The molecular formula is C7H11BrN2. The van der Waals surface area contributed by atoms with E-state index in [0.717, 1.165) is 10.3 Å². The Morgan fingerprint density at radius 3 is 2.40 bits per heavy atom. The summed E-state index contributed by atoms with van der Waals surface area (Å²) in [4.78, 5) is 0. The van der Waals surface area contributed by atoms with Crippen LogP contribution in [0.4, 0.5) is 0 Å². The molecule has 0 saturated carbocycles. The van der Waals surface area contributed by atoms with E-state index in [1.807, 2.05) is 17.8 Å². The second-order valence-electron chi connectivity index (χ2n) is 2.67. The number of nitrogens with zero attached hydrogens (tertiary/aromatic N) is 2. The molecule has 0 aliphatic carbocycles. The molecule has 2 nitrogen and oxygen atoms in total. The minimum absolute atomic E-state index is 0.512. The van der Waals surface area contributed by atoms with Gasteiger partial charge in [0.2, 0.25) is 0 Å². The molecule has 1 heterocycles. The van der Waals surface area contributed by atoms with Crippen LogP contribution >= 0.6 is 15.9 Å². The first-order valence-electron chi connectivity index (χ1n) is 3.30. The minimum atomic E-state index is 0.512. The SMILES string of the molecule is CC(C)c1cc(Br)n(C)n1. The molecule has 0 aliphatic rings. The first kappa shape index (κ1) is 7.79. The van der Waals surface area contributed by atoms with Crippen LogP contribution in [0.25, 0.3) is 0 Å². The third kappa shape index (κ3) is 1.40. The van der Waals surface area contributed by atoms with Gasteiger partial charge in [-0.15, -0.1) is 0 Å². The van der Waals surface area contributed by atoms with Gasteiger partial charge in [0.05, 0.1) is 5.69 Å². The summed E-state index contributed by atoms with van der Waals surface area (Å²) in [5.74, 6) is 0.512. The van der Waals surface area contributed by atoms with Crippen molar-refractivity contribution in [1.82, 2.24) is 9.78 Å². The maximum atomic E-state index is 4.28. The standard InChI is InChI=1S/C7H11BrN2/c1-5(2)6-4-7(8)10(3)9-6/h4-5H,1-3H3. The molecule has 0 unspecified atom stereocenters. The quantitative estimate of drug-likeness (QED) is 0.684. The molecule has 3 heteroatoms. The molecule has 10 heavy (non-hydrogen) atoms. The molecule has 1 aromatic rings. The highest BCUT2D eigenvalue weighted by Gasteiger charge is 2.04. The van der Waals surface area contributed by atoms with Gasteiger partial charge in [0.25, 0.3) is 0 Å². The maximum Gasteiger partial charge on any atom is 0.104 e. The van der Waals surface area contributed by atoms with Gasteiger partial charge in [-0.1, -0.05) is 13.8 Å². The van der Waals surface area contributed by atoms with Gasteiger partial charge in [-0.2, -0.15) is 5.10 Å². The fourth-order valence-electron chi connectivity index (χ4n) is 0.747. The second kappa shape index (κ2) is 2.74. The molecule has 0 fully saturated rings. The van der Waals surface area contributed by atoms with Gasteiger partial charge in [-0.3, -0.25) is 4.68 Å². The van der Waals surface area contributed by atoms with E-state index in [9.17, 15) is 0 Å². The third-order valence-corrected chi connectivity index (χ3v) is 2.18. The predicted molar refractivity (Wildman–Crippen MR) is 45.0 cm³/mol. The molecule has 0 amide bonds. The summed E-state index contributed by atoms with van der Waals surface area (Å²) in [6, 6.07) is 2.05. The second-order valence-corrected chi connectivity index (χ2v) is 3.48. The van der Waals surface area contributed by atoms with E-state index >= 15 is 0 Å². The summed E-state index contributed by atoms with van der Waals surface area (Å²) in [6.07, 6.45) is 0. The molecule has 0 aromatic carbocycles. The zero-order valence-electron chi connectivity index (χ0n) is 6.43. The van der Waals surface area contributed by atoms with Gasteiger partial charge in [0.15, 0.2) is 0 Å². The van der Waals surface area contributed by atoms with Crippen molar-refractivity contribution in [1.29, 1.82) is 0 Å². The highest BCUT2D eigenvalue weighted by atomic mass is 79.9. The molecule has 0 saturated heterocycles. The van der Waals surface area contributed by atoms with E-state index in [2.05, 4.69) is 34.9 Å². The monoisotopic (exact) mass is 202 g/mol. The molecule has 0 N–H and O–H groups in total. The molecule has 1 aromatic heterocycles. The Morgan fingerprint density at radius 1 is 1.60 bits per heavy atom. The number of rotatable bonds is 1. The van der Waals surface area contributed by atoms with Crippen LogP contribution in [0.3, 0.4) is 0 Å². The molecule has 0 spiro atoms. The zero-order valence-corrected chi connectivity index (χ0v) is 8.01. The lowest BCUT2D eigenvalue weighted by Crippen LogP contribution is -1.93. The van der Waals surface area contributed by atoms with E-state index in [-0.39, 0.29) is 0 Å². The van der Waals surface area contributed by atoms with Gasteiger partial charge in [-0.25, -0.2) is 0 Å². The van der Waals surface area contributed by atoms with Gasteiger partial charge in [0, 0.05) is 7.05 Å². The Kier molecular flexibility index (Phi) is 2.14. The lowest BCUT2D eigenvalue weighted by Gasteiger charge is -1.95. The fraction of sp³-hybridized carbons (Fsp3) is 0.571. The summed E-state index contributed by atoms with van der Waals surface area (Å²) in [6.45, 7) is 4.27. The smallest absolute Gasteiger partial charge is 0.104 e. The summed E-state index contributed by atoms with van der Waals surface area (Å²) in [5.41, 5.74) is 1.13. The molecule has 56 valence electrons. The highest BCUT2D eigenvalue weighted by Crippen LogP contribution is 2.16. The molecular weight excluding hydrogens is 192 g/mol. The van der Waals surface area contributed by atoms with E-state index in [1.165, 1.54) is 0 Å². The number of hydrogen-bond donors (Lipinski definition) is 0. The van der Waals surface area contributed by atoms with Crippen LogP contribution in [0.2, 0.25) is 0 Å². The average Bonchev–Trinajstić information content (AvgIpc) is 2.13. The minimum Gasteiger partial charge on any atom is -0.261 e. The number of aromatic nitrogens is 2. The van der Waals surface area contributed by atoms with E-state index in [1.54, 1.807) is 0 Å². The Balaban J connectivity index is 2.98. The third-order valence-electron chi connectivity index (χ3n) is 1.43. The van der Waals surface area contributed by atoms with E-state index < -0.39 is 0 Å². The lowest BCUT2D eigenvalue weighted by molar-refractivity contribution is 0.703. The zero-order chi connectivity index (χ0) is 7.72. The van der Waals surface area contributed by atoms with Crippen molar-refractivity contribution in [3.63, 3.8) is 0 Å². The average molecular weight is 203 g/mol. The topological polar surface area (TPSA) is 17.8 Å². The van der Waals surface area contributed by atoms with E-state index in [0.29, 0.717) is 5.92 Å². The van der Waals surface area contributed by atoms with E-state index in [4.69, 9.17) is 0 Å². The Bertz CT molecular complexity index is 208. The van der Waals surface area contributed by atoms with Crippen molar-refractivity contribution < 1.29 is 0 Å². The normalized spacial score (nSPS) is 10.9. The predicted octanol–water partition coefficient (Wildman–Crippen LogP) is 2.31. The highest BCUT2D eigenvalue weighted by molar-refractivity contribution is 9.10. The first-order valence-corrected chi connectivity index (χ1v) is 4.10. The van der Waals surface area contributed by atoms with Gasteiger partial charge >= 0.3 is 0 Å². The lowest BCUT2D eigenvalue weighted by atomic mass is 10.1. The van der Waals surface area contributed by atoms with Crippen molar-refractivity contribution in [3.05, 3.63) is 16.4 Å². The molecule has 0 aliphatic heterocycles. The van der Waals surface area contributed by atoms with Crippen LogP contribution in [0.15, 0.2) is 10.7 Å². The van der Waals surface area contributed by atoms with Crippen LogP contribution in [0, 0.1) is 0 Å². The molecule has 1 rings (SSSR count). The fourth-order valence-corrected chi connectivity index (χ4v) is 1.06. The Hall–Kier alpha value is -0.310. The van der Waals surface area contributed by atoms with Crippen molar-refractivity contribution in [2.24, 2.45) is 7.05 Å². The number of hydrogen-bond acceptors (Lipinski definition) is 1.